The first kappa shape index (κ1) is 14.1. The molecule has 0 radical (unpaired) electrons. The number of amides is 1. The third-order valence-corrected chi connectivity index (χ3v) is 5.33. The third-order valence-electron chi connectivity index (χ3n) is 4.31. The Kier molecular flexibility index (Phi) is 3.60. The minimum atomic E-state index is -0.456. The Balaban J connectivity index is 1.47. The standard InChI is InChI=1S/C16H18N2O3S/c19-15(14-17-12-4-1-2-5-13(12)22-14)18-8-6-16(7-9-18)20-10-3-11-21-16/h1-2,4-5H,3,6-11H2. The highest BCUT2D eigenvalue weighted by atomic mass is 32.1. The number of para-hydroxylation sites is 1. The summed E-state index contributed by atoms with van der Waals surface area (Å²) in [6.45, 7) is 2.83. The Bertz CT molecular complexity index is 651. The van der Waals surface area contributed by atoms with Crippen molar-refractivity contribution >= 4 is 27.5 Å². The van der Waals surface area contributed by atoms with E-state index >= 15 is 0 Å². The molecule has 116 valence electrons. The molecule has 4 rings (SSSR count). The van der Waals surface area contributed by atoms with Crippen LogP contribution in [0.2, 0.25) is 0 Å². The van der Waals surface area contributed by atoms with E-state index in [2.05, 4.69) is 4.98 Å². The van der Waals surface area contributed by atoms with E-state index < -0.39 is 5.79 Å². The van der Waals surface area contributed by atoms with Crippen molar-refractivity contribution in [2.24, 2.45) is 0 Å². The van der Waals surface area contributed by atoms with Crippen molar-refractivity contribution in [1.29, 1.82) is 0 Å². The lowest BCUT2D eigenvalue weighted by molar-refractivity contribution is -0.281. The van der Waals surface area contributed by atoms with Crippen LogP contribution in [-0.4, -0.2) is 47.9 Å². The predicted octanol–water partition coefficient (Wildman–Crippen LogP) is 2.67. The first-order valence-electron chi connectivity index (χ1n) is 7.69. The molecule has 2 aromatic rings. The Hall–Kier alpha value is -1.50. The molecule has 0 bridgehead atoms. The molecule has 2 aliphatic heterocycles. The lowest BCUT2D eigenvalue weighted by Gasteiger charge is -2.43. The summed E-state index contributed by atoms with van der Waals surface area (Å²) in [6, 6.07) is 7.85. The summed E-state index contributed by atoms with van der Waals surface area (Å²) in [5.41, 5.74) is 0.892. The minimum Gasteiger partial charge on any atom is -0.350 e. The maximum Gasteiger partial charge on any atom is 0.282 e. The lowest BCUT2D eigenvalue weighted by atomic mass is 10.0. The van der Waals surface area contributed by atoms with Crippen molar-refractivity contribution in [1.82, 2.24) is 9.88 Å². The molecule has 1 spiro atoms. The molecule has 0 saturated carbocycles. The van der Waals surface area contributed by atoms with E-state index in [4.69, 9.17) is 9.47 Å². The zero-order valence-corrected chi connectivity index (χ0v) is 13.1. The van der Waals surface area contributed by atoms with Crippen molar-refractivity contribution in [2.75, 3.05) is 26.3 Å². The Morgan fingerprint density at radius 2 is 1.91 bits per heavy atom. The van der Waals surface area contributed by atoms with Crippen molar-refractivity contribution in [2.45, 2.75) is 25.0 Å². The van der Waals surface area contributed by atoms with Gasteiger partial charge in [-0.1, -0.05) is 12.1 Å². The molecular weight excluding hydrogens is 300 g/mol. The van der Waals surface area contributed by atoms with Gasteiger partial charge in [-0.25, -0.2) is 4.98 Å². The van der Waals surface area contributed by atoms with Crippen LogP contribution < -0.4 is 0 Å². The number of thiazole rings is 1. The summed E-state index contributed by atoms with van der Waals surface area (Å²) in [4.78, 5) is 19.0. The second-order valence-corrected chi connectivity index (χ2v) is 6.77. The summed E-state index contributed by atoms with van der Waals surface area (Å²) < 4.78 is 12.7. The normalized spacial score (nSPS) is 21.4. The van der Waals surface area contributed by atoms with E-state index in [0.717, 1.165) is 42.7 Å². The SMILES string of the molecule is O=C(c1nc2ccccc2s1)N1CCC2(CC1)OCCCO2. The molecule has 3 heterocycles. The second kappa shape index (κ2) is 5.61. The van der Waals surface area contributed by atoms with Crippen LogP contribution in [0.15, 0.2) is 24.3 Å². The molecule has 1 aromatic heterocycles. The summed E-state index contributed by atoms with van der Waals surface area (Å²) in [7, 11) is 0. The van der Waals surface area contributed by atoms with Crippen LogP contribution in [0, 0.1) is 0 Å². The first-order valence-corrected chi connectivity index (χ1v) is 8.50. The number of piperidine rings is 1. The number of likely N-dealkylation sites (tertiary alicyclic amines) is 1. The first-order chi connectivity index (χ1) is 10.8. The van der Waals surface area contributed by atoms with E-state index in [9.17, 15) is 4.79 Å². The van der Waals surface area contributed by atoms with E-state index in [0.29, 0.717) is 18.1 Å². The number of hydrogen-bond acceptors (Lipinski definition) is 5. The maximum atomic E-state index is 12.6. The highest BCUT2D eigenvalue weighted by Gasteiger charge is 2.39. The van der Waals surface area contributed by atoms with Gasteiger partial charge in [0, 0.05) is 25.9 Å². The average Bonchev–Trinajstić information content (AvgIpc) is 3.00. The summed E-state index contributed by atoms with van der Waals surface area (Å²) in [6.07, 6.45) is 2.43. The maximum absolute atomic E-state index is 12.6. The summed E-state index contributed by atoms with van der Waals surface area (Å²) in [5, 5.41) is 0.572. The van der Waals surface area contributed by atoms with Crippen molar-refractivity contribution < 1.29 is 14.3 Å². The van der Waals surface area contributed by atoms with E-state index in [1.807, 2.05) is 29.2 Å². The van der Waals surface area contributed by atoms with Gasteiger partial charge in [0.15, 0.2) is 10.8 Å². The van der Waals surface area contributed by atoms with Gasteiger partial charge in [0.25, 0.3) is 5.91 Å². The van der Waals surface area contributed by atoms with Gasteiger partial charge in [-0.3, -0.25) is 4.79 Å². The predicted molar refractivity (Wildman–Crippen MR) is 84.0 cm³/mol. The quantitative estimate of drug-likeness (QED) is 0.811. The fourth-order valence-electron chi connectivity index (χ4n) is 3.06. The van der Waals surface area contributed by atoms with Gasteiger partial charge in [0.05, 0.1) is 23.4 Å². The molecule has 0 N–H and O–H groups in total. The topological polar surface area (TPSA) is 51.7 Å². The van der Waals surface area contributed by atoms with E-state index in [1.165, 1.54) is 11.3 Å². The number of ether oxygens (including phenoxy) is 2. The lowest BCUT2D eigenvalue weighted by Crippen LogP contribution is -2.51. The minimum absolute atomic E-state index is 0.0202. The number of benzene rings is 1. The molecule has 22 heavy (non-hydrogen) atoms. The summed E-state index contributed by atoms with van der Waals surface area (Å²) >= 11 is 1.46. The number of fused-ring (bicyclic) bond motifs is 1. The van der Waals surface area contributed by atoms with Gasteiger partial charge in [0.1, 0.15) is 0 Å². The number of aromatic nitrogens is 1. The molecule has 0 unspecified atom stereocenters. The molecule has 2 saturated heterocycles. The Morgan fingerprint density at radius 3 is 2.64 bits per heavy atom. The largest absolute Gasteiger partial charge is 0.350 e. The monoisotopic (exact) mass is 318 g/mol. The van der Waals surface area contributed by atoms with Crippen LogP contribution in [0.4, 0.5) is 0 Å². The van der Waals surface area contributed by atoms with Gasteiger partial charge in [-0.15, -0.1) is 11.3 Å². The van der Waals surface area contributed by atoms with E-state index in [1.54, 1.807) is 0 Å². The average molecular weight is 318 g/mol. The van der Waals surface area contributed by atoms with Gasteiger partial charge in [0.2, 0.25) is 0 Å². The molecular formula is C16H18N2O3S. The molecule has 0 atom stereocenters. The zero-order valence-electron chi connectivity index (χ0n) is 12.3. The van der Waals surface area contributed by atoms with Crippen LogP contribution in [0.5, 0.6) is 0 Å². The molecule has 1 amide bonds. The molecule has 2 fully saturated rings. The number of nitrogens with zero attached hydrogens (tertiary/aromatic N) is 2. The molecule has 2 aliphatic rings. The van der Waals surface area contributed by atoms with Crippen molar-refractivity contribution in [3.63, 3.8) is 0 Å². The number of carbonyl (C=O) groups excluding carboxylic acids is 1. The molecule has 5 nitrogen and oxygen atoms in total. The number of hydrogen-bond donors (Lipinski definition) is 0. The van der Waals surface area contributed by atoms with Crippen molar-refractivity contribution in [3.8, 4) is 0 Å². The molecule has 0 aliphatic carbocycles. The second-order valence-electron chi connectivity index (χ2n) is 5.74. The van der Waals surface area contributed by atoms with E-state index in [-0.39, 0.29) is 5.91 Å². The van der Waals surface area contributed by atoms with Gasteiger partial charge in [-0.2, -0.15) is 0 Å². The Morgan fingerprint density at radius 1 is 1.18 bits per heavy atom. The molecule has 6 heteroatoms. The number of rotatable bonds is 1. The van der Waals surface area contributed by atoms with Crippen LogP contribution in [0.1, 0.15) is 29.1 Å². The summed E-state index contributed by atoms with van der Waals surface area (Å²) in [5.74, 6) is -0.435. The molecule has 1 aromatic carbocycles. The fourth-order valence-corrected chi connectivity index (χ4v) is 3.99. The van der Waals surface area contributed by atoms with Crippen LogP contribution in [-0.2, 0) is 9.47 Å². The highest BCUT2D eigenvalue weighted by molar-refractivity contribution is 7.20. The number of carbonyl (C=O) groups is 1. The highest BCUT2D eigenvalue weighted by Crippen LogP contribution is 2.32. The third kappa shape index (κ3) is 2.51. The Labute approximate surface area is 132 Å². The van der Waals surface area contributed by atoms with Gasteiger partial charge < -0.3 is 14.4 Å². The van der Waals surface area contributed by atoms with Gasteiger partial charge in [-0.05, 0) is 18.6 Å². The van der Waals surface area contributed by atoms with Gasteiger partial charge >= 0.3 is 0 Å². The van der Waals surface area contributed by atoms with Crippen LogP contribution in [0.25, 0.3) is 10.2 Å². The zero-order chi connectivity index (χ0) is 15.0. The van der Waals surface area contributed by atoms with Crippen molar-refractivity contribution in [3.05, 3.63) is 29.3 Å². The fraction of sp³-hybridized carbons (Fsp3) is 0.500. The van der Waals surface area contributed by atoms with Crippen LogP contribution >= 0.6 is 11.3 Å². The van der Waals surface area contributed by atoms with Crippen LogP contribution in [0.3, 0.4) is 0 Å². The smallest absolute Gasteiger partial charge is 0.282 e.